The van der Waals surface area contributed by atoms with Gasteiger partial charge in [0.2, 0.25) is 0 Å². The van der Waals surface area contributed by atoms with Gasteiger partial charge in [-0.2, -0.15) is 0 Å². The molecule has 0 saturated heterocycles. The maximum atomic E-state index is 9.70. The van der Waals surface area contributed by atoms with Crippen LogP contribution in [0.15, 0.2) is 0 Å². The molecule has 1 N–H and O–H groups in total. The Balaban J connectivity index is 3.50. The Morgan fingerprint density at radius 1 is 0.786 bits per heavy atom. The van der Waals surface area contributed by atoms with Crippen LogP contribution >= 0.6 is 0 Å². The summed E-state index contributed by atoms with van der Waals surface area (Å²) >= 11 is 0. The first-order valence-electron chi connectivity index (χ1n) is 6.09. The van der Waals surface area contributed by atoms with E-state index in [1.54, 1.807) is 0 Å². The molecule has 0 aromatic carbocycles. The fraction of sp³-hybridized carbons (Fsp3) is 1.00. The molecule has 0 bridgehead atoms. The molecule has 2 unspecified atom stereocenters. The Bertz CT molecular complexity index is 113. The van der Waals surface area contributed by atoms with E-state index in [9.17, 15) is 5.11 Å². The van der Waals surface area contributed by atoms with Crippen LogP contribution in [-0.4, -0.2) is 11.2 Å². The molecular weight excluding hydrogens is 172 g/mol. The zero-order valence-electron chi connectivity index (χ0n) is 10.6. The van der Waals surface area contributed by atoms with Crippen molar-refractivity contribution in [3.63, 3.8) is 0 Å². The standard InChI is InChI=1S/C13H28O/c1-10(2)8-12(5)6-7-13(14)9-11(3)4/h10-14H,6-9H2,1-5H3. The third-order valence-electron chi connectivity index (χ3n) is 2.61. The number of hydrogen-bond donors (Lipinski definition) is 1. The largest absolute Gasteiger partial charge is 0.393 e. The zero-order chi connectivity index (χ0) is 11.1. The summed E-state index contributed by atoms with van der Waals surface area (Å²) in [6.07, 6.45) is 4.31. The fourth-order valence-electron chi connectivity index (χ4n) is 2.06. The van der Waals surface area contributed by atoms with Gasteiger partial charge in [0, 0.05) is 0 Å². The minimum absolute atomic E-state index is 0.0791. The molecule has 14 heavy (non-hydrogen) atoms. The number of hydrogen-bond acceptors (Lipinski definition) is 1. The van der Waals surface area contributed by atoms with Crippen LogP contribution in [0.25, 0.3) is 0 Å². The predicted octanol–water partition coefficient (Wildman–Crippen LogP) is 3.86. The molecule has 0 aliphatic heterocycles. The smallest absolute Gasteiger partial charge is 0.0542 e. The van der Waals surface area contributed by atoms with Gasteiger partial charge in [0.15, 0.2) is 0 Å². The van der Waals surface area contributed by atoms with Crippen LogP contribution in [0.5, 0.6) is 0 Å². The highest BCUT2D eigenvalue weighted by Crippen LogP contribution is 2.19. The van der Waals surface area contributed by atoms with E-state index in [1.165, 1.54) is 12.8 Å². The molecule has 0 aromatic heterocycles. The summed E-state index contributed by atoms with van der Waals surface area (Å²) < 4.78 is 0. The van der Waals surface area contributed by atoms with Gasteiger partial charge in [-0.15, -0.1) is 0 Å². The van der Waals surface area contributed by atoms with Crippen molar-refractivity contribution < 1.29 is 5.11 Å². The van der Waals surface area contributed by atoms with Crippen molar-refractivity contribution in [1.29, 1.82) is 0 Å². The highest BCUT2D eigenvalue weighted by Gasteiger charge is 2.10. The highest BCUT2D eigenvalue weighted by atomic mass is 16.3. The Kier molecular flexibility index (Phi) is 7.26. The highest BCUT2D eigenvalue weighted by molar-refractivity contribution is 4.63. The number of rotatable bonds is 7. The van der Waals surface area contributed by atoms with Crippen LogP contribution in [0.3, 0.4) is 0 Å². The lowest BCUT2D eigenvalue weighted by Crippen LogP contribution is -2.12. The van der Waals surface area contributed by atoms with Crippen molar-refractivity contribution in [2.45, 2.75) is 66.4 Å². The van der Waals surface area contributed by atoms with E-state index in [1.807, 2.05) is 0 Å². The lowest BCUT2D eigenvalue weighted by molar-refractivity contribution is 0.130. The molecule has 0 rings (SSSR count). The van der Waals surface area contributed by atoms with E-state index in [2.05, 4.69) is 34.6 Å². The molecule has 0 aromatic rings. The average Bonchev–Trinajstić information content (AvgIpc) is 1.98. The summed E-state index contributed by atoms with van der Waals surface area (Å²) in [6, 6.07) is 0. The Hall–Kier alpha value is -0.0400. The second kappa shape index (κ2) is 7.28. The zero-order valence-corrected chi connectivity index (χ0v) is 10.6. The molecule has 2 atom stereocenters. The van der Waals surface area contributed by atoms with Crippen molar-refractivity contribution in [3.8, 4) is 0 Å². The van der Waals surface area contributed by atoms with Gasteiger partial charge in [-0.3, -0.25) is 0 Å². The summed E-state index contributed by atoms with van der Waals surface area (Å²) in [6.45, 7) is 11.2. The first-order chi connectivity index (χ1) is 6.41. The van der Waals surface area contributed by atoms with E-state index < -0.39 is 0 Å². The molecule has 1 heteroatoms. The predicted molar refractivity (Wildman–Crippen MR) is 63.3 cm³/mol. The number of aliphatic hydroxyl groups excluding tert-OH is 1. The quantitative estimate of drug-likeness (QED) is 0.661. The molecule has 0 aliphatic carbocycles. The summed E-state index contributed by atoms with van der Waals surface area (Å²) in [5.74, 6) is 2.16. The van der Waals surface area contributed by atoms with E-state index in [0.29, 0.717) is 5.92 Å². The van der Waals surface area contributed by atoms with Crippen molar-refractivity contribution in [1.82, 2.24) is 0 Å². The Labute approximate surface area is 89.9 Å². The lowest BCUT2D eigenvalue weighted by Gasteiger charge is -2.17. The fourth-order valence-corrected chi connectivity index (χ4v) is 2.06. The topological polar surface area (TPSA) is 20.2 Å². The minimum atomic E-state index is -0.0791. The lowest BCUT2D eigenvalue weighted by atomic mass is 9.92. The van der Waals surface area contributed by atoms with Crippen LogP contribution in [0.1, 0.15) is 60.3 Å². The maximum Gasteiger partial charge on any atom is 0.0542 e. The summed E-state index contributed by atoms with van der Waals surface area (Å²) in [5, 5.41) is 9.70. The van der Waals surface area contributed by atoms with Gasteiger partial charge >= 0.3 is 0 Å². The SMILES string of the molecule is CC(C)CC(C)CCC(O)CC(C)C. The van der Waals surface area contributed by atoms with Gasteiger partial charge in [0.25, 0.3) is 0 Å². The molecule has 0 fully saturated rings. The molecule has 0 aliphatic rings. The van der Waals surface area contributed by atoms with Crippen molar-refractivity contribution in [2.75, 3.05) is 0 Å². The van der Waals surface area contributed by atoms with Crippen LogP contribution in [-0.2, 0) is 0 Å². The second-order valence-corrected chi connectivity index (χ2v) is 5.60. The van der Waals surface area contributed by atoms with Crippen molar-refractivity contribution in [2.24, 2.45) is 17.8 Å². The monoisotopic (exact) mass is 200 g/mol. The Morgan fingerprint density at radius 3 is 1.71 bits per heavy atom. The van der Waals surface area contributed by atoms with Crippen LogP contribution in [0.4, 0.5) is 0 Å². The third-order valence-corrected chi connectivity index (χ3v) is 2.61. The molecule has 0 saturated carbocycles. The van der Waals surface area contributed by atoms with Gasteiger partial charge in [-0.25, -0.2) is 0 Å². The first-order valence-corrected chi connectivity index (χ1v) is 6.09. The van der Waals surface area contributed by atoms with Crippen molar-refractivity contribution >= 4 is 0 Å². The van der Waals surface area contributed by atoms with Crippen molar-refractivity contribution in [3.05, 3.63) is 0 Å². The van der Waals surface area contributed by atoms with Gasteiger partial charge in [-0.05, 0) is 43.4 Å². The second-order valence-electron chi connectivity index (χ2n) is 5.60. The van der Waals surface area contributed by atoms with Gasteiger partial charge < -0.3 is 5.11 Å². The average molecular weight is 200 g/mol. The van der Waals surface area contributed by atoms with Gasteiger partial charge in [0.1, 0.15) is 0 Å². The van der Waals surface area contributed by atoms with E-state index in [-0.39, 0.29) is 6.10 Å². The van der Waals surface area contributed by atoms with E-state index in [4.69, 9.17) is 0 Å². The summed E-state index contributed by atoms with van der Waals surface area (Å²) in [4.78, 5) is 0. The normalized spacial score (nSPS) is 16.3. The molecular formula is C13H28O. The molecule has 0 radical (unpaired) electrons. The molecule has 0 spiro atoms. The van der Waals surface area contributed by atoms with Gasteiger partial charge in [-0.1, -0.05) is 34.6 Å². The molecule has 1 nitrogen and oxygen atoms in total. The maximum absolute atomic E-state index is 9.70. The number of aliphatic hydroxyl groups is 1. The van der Waals surface area contributed by atoms with E-state index >= 15 is 0 Å². The molecule has 86 valence electrons. The summed E-state index contributed by atoms with van der Waals surface area (Å²) in [7, 11) is 0. The summed E-state index contributed by atoms with van der Waals surface area (Å²) in [5.41, 5.74) is 0. The molecule has 0 heterocycles. The van der Waals surface area contributed by atoms with Gasteiger partial charge in [0.05, 0.1) is 6.10 Å². The van der Waals surface area contributed by atoms with Crippen LogP contribution in [0, 0.1) is 17.8 Å². The minimum Gasteiger partial charge on any atom is -0.393 e. The third kappa shape index (κ3) is 8.55. The Morgan fingerprint density at radius 2 is 1.29 bits per heavy atom. The molecule has 0 amide bonds. The first kappa shape index (κ1) is 14.0. The van der Waals surface area contributed by atoms with Crippen LogP contribution < -0.4 is 0 Å². The van der Waals surface area contributed by atoms with Crippen LogP contribution in [0.2, 0.25) is 0 Å². The van der Waals surface area contributed by atoms with E-state index in [0.717, 1.165) is 24.7 Å².